The third-order valence-corrected chi connectivity index (χ3v) is 2.88. The lowest BCUT2D eigenvalue weighted by Gasteiger charge is -2.22. The van der Waals surface area contributed by atoms with Gasteiger partial charge in [-0.3, -0.25) is 4.79 Å². The van der Waals surface area contributed by atoms with Gasteiger partial charge >= 0.3 is 0 Å². The number of benzene rings is 1. The zero-order valence-electron chi connectivity index (χ0n) is 11.3. The average Bonchev–Trinajstić information content (AvgIpc) is 2.49. The fraction of sp³-hybridized carbons (Fsp3) is 0.500. The lowest BCUT2D eigenvalue weighted by atomic mass is 10.2. The molecule has 1 amide bonds. The second kappa shape index (κ2) is 9.72. The van der Waals surface area contributed by atoms with Crippen LogP contribution in [0.2, 0.25) is 0 Å². The molecule has 20 heavy (non-hydrogen) atoms. The van der Waals surface area contributed by atoms with Gasteiger partial charge in [-0.05, 0) is 5.56 Å². The van der Waals surface area contributed by atoms with Crippen molar-refractivity contribution in [3.63, 3.8) is 0 Å². The summed E-state index contributed by atoms with van der Waals surface area (Å²) in [5.74, 6) is -0.0736. The topological polar surface area (TPSA) is 59.6 Å². The fourth-order valence-corrected chi connectivity index (χ4v) is 1.86. The van der Waals surface area contributed by atoms with Crippen molar-refractivity contribution in [2.45, 2.75) is 12.7 Å². The summed E-state index contributed by atoms with van der Waals surface area (Å²) in [4.78, 5) is 11.7. The number of ether oxygens (including phenoxy) is 2. The van der Waals surface area contributed by atoms with Gasteiger partial charge in [0, 0.05) is 19.6 Å². The highest BCUT2D eigenvalue weighted by Gasteiger charge is 2.20. The van der Waals surface area contributed by atoms with Crippen molar-refractivity contribution in [2.75, 3.05) is 32.8 Å². The first kappa shape index (κ1) is 16.9. The Morgan fingerprint density at radius 1 is 1.40 bits per heavy atom. The smallest absolute Gasteiger partial charge is 0.250 e. The van der Waals surface area contributed by atoms with Crippen LogP contribution in [0.4, 0.5) is 0 Å². The van der Waals surface area contributed by atoms with E-state index in [1.807, 2.05) is 30.3 Å². The fourth-order valence-electron chi connectivity index (χ4n) is 1.86. The Labute approximate surface area is 125 Å². The molecule has 1 aliphatic rings. The number of halogens is 1. The number of morpholine rings is 1. The maximum Gasteiger partial charge on any atom is 0.250 e. The molecule has 2 N–H and O–H groups in total. The Morgan fingerprint density at radius 3 is 2.90 bits per heavy atom. The van der Waals surface area contributed by atoms with Gasteiger partial charge in [-0.1, -0.05) is 30.3 Å². The second-order valence-electron chi connectivity index (χ2n) is 4.39. The van der Waals surface area contributed by atoms with Crippen molar-refractivity contribution in [1.82, 2.24) is 10.6 Å². The molecule has 1 unspecified atom stereocenters. The summed E-state index contributed by atoms with van der Waals surface area (Å²) in [5, 5.41) is 5.93. The van der Waals surface area contributed by atoms with Gasteiger partial charge in [0.2, 0.25) is 0 Å². The van der Waals surface area contributed by atoms with E-state index in [9.17, 15) is 4.79 Å². The predicted molar refractivity (Wildman–Crippen MR) is 79.0 cm³/mol. The second-order valence-corrected chi connectivity index (χ2v) is 4.39. The molecule has 0 radical (unpaired) electrons. The minimum atomic E-state index is -0.372. The molecule has 1 heterocycles. The van der Waals surface area contributed by atoms with Gasteiger partial charge in [-0.2, -0.15) is 0 Å². The minimum absolute atomic E-state index is 0. The molecule has 1 aromatic carbocycles. The van der Waals surface area contributed by atoms with E-state index in [1.165, 1.54) is 0 Å². The number of hydrogen-bond acceptors (Lipinski definition) is 4. The first-order chi connectivity index (χ1) is 9.36. The van der Waals surface area contributed by atoms with Gasteiger partial charge in [0.1, 0.15) is 6.10 Å². The van der Waals surface area contributed by atoms with Crippen LogP contribution < -0.4 is 10.6 Å². The predicted octanol–water partition coefficient (Wildman–Crippen LogP) is 0.730. The van der Waals surface area contributed by atoms with Gasteiger partial charge in [0.15, 0.2) is 0 Å². The summed E-state index contributed by atoms with van der Waals surface area (Å²) in [6.07, 6.45) is -0.372. The molecule has 1 saturated heterocycles. The van der Waals surface area contributed by atoms with Crippen LogP contribution >= 0.6 is 12.4 Å². The van der Waals surface area contributed by atoms with Crippen molar-refractivity contribution < 1.29 is 14.3 Å². The number of carbonyl (C=O) groups excluding carboxylic acids is 1. The third-order valence-electron chi connectivity index (χ3n) is 2.88. The van der Waals surface area contributed by atoms with Gasteiger partial charge in [-0.15, -0.1) is 12.4 Å². The van der Waals surface area contributed by atoms with E-state index in [-0.39, 0.29) is 24.4 Å². The first-order valence-corrected chi connectivity index (χ1v) is 6.58. The van der Waals surface area contributed by atoms with Gasteiger partial charge in [0.25, 0.3) is 5.91 Å². The van der Waals surface area contributed by atoms with E-state index < -0.39 is 0 Å². The monoisotopic (exact) mass is 300 g/mol. The highest BCUT2D eigenvalue weighted by atomic mass is 35.5. The molecule has 1 aromatic rings. The Hall–Kier alpha value is -1.14. The summed E-state index contributed by atoms with van der Waals surface area (Å²) in [6.45, 7) is 3.55. The van der Waals surface area contributed by atoms with E-state index in [0.29, 0.717) is 32.9 Å². The quantitative estimate of drug-likeness (QED) is 0.761. The van der Waals surface area contributed by atoms with Crippen LogP contribution in [0, 0.1) is 0 Å². The molecule has 0 bridgehead atoms. The summed E-state index contributed by atoms with van der Waals surface area (Å²) >= 11 is 0. The van der Waals surface area contributed by atoms with Crippen LogP contribution in [-0.4, -0.2) is 44.9 Å². The maximum absolute atomic E-state index is 11.7. The first-order valence-electron chi connectivity index (χ1n) is 6.58. The number of nitrogens with one attached hydrogen (secondary N) is 2. The molecule has 2 rings (SSSR count). The molecule has 1 aliphatic heterocycles. The average molecular weight is 301 g/mol. The normalized spacial score (nSPS) is 18.1. The lowest BCUT2D eigenvalue weighted by molar-refractivity contribution is -0.134. The summed E-state index contributed by atoms with van der Waals surface area (Å²) in [7, 11) is 0. The van der Waals surface area contributed by atoms with Crippen LogP contribution in [0.15, 0.2) is 30.3 Å². The third kappa shape index (κ3) is 5.88. The van der Waals surface area contributed by atoms with Gasteiger partial charge in [-0.25, -0.2) is 0 Å². The van der Waals surface area contributed by atoms with Crippen LogP contribution in [-0.2, 0) is 20.9 Å². The molecular weight excluding hydrogens is 280 g/mol. The summed E-state index contributed by atoms with van der Waals surface area (Å²) in [6, 6.07) is 9.96. The van der Waals surface area contributed by atoms with Crippen LogP contribution in [0.3, 0.4) is 0 Å². The van der Waals surface area contributed by atoms with Crippen molar-refractivity contribution in [1.29, 1.82) is 0 Å². The Kier molecular flexibility index (Phi) is 8.22. The molecule has 0 spiro atoms. The number of carbonyl (C=O) groups is 1. The molecule has 112 valence electrons. The van der Waals surface area contributed by atoms with E-state index in [4.69, 9.17) is 9.47 Å². The van der Waals surface area contributed by atoms with E-state index in [2.05, 4.69) is 10.6 Å². The van der Waals surface area contributed by atoms with Crippen LogP contribution in [0.25, 0.3) is 0 Å². The minimum Gasteiger partial charge on any atom is -0.375 e. The van der Waals surface area contributed by atoms with Crippen molar-refractivity contribution >= 4 is 18.3 Å². The number of amides is 1. The van der Waals surface area contributed by atoms with E-state index >= 15 is 0 Å². The largest absolute Gasteiger partial charge is 0.375 e. The zero-order chi connectivity index (χ0) is 13.3. The molecule has 1 fully saturated rings. The van der Waals surface area contributed by atoms with Gasteiger partial charge in [0.05, 0.1) is 19.8 Å². The molecule has 0 saturated carbocycles. The number of hydrogen-bond donors (Lipinski definition) is 2. The Morgan fingerprint density at radius 2 is 2.20 bits per heavy atom. The Balaban J connectivity index is 0.00000200. The van der Waals surface area contributed by atoms with E-state index in [1.54, 1.807) is 0 Å². The summed E-state index contributed by atoms with van der Waals surface area (Å²) in [5.41, 5.74) is 1.13. The molecule has 5 nitrogen and oxygen atoms in total. The molecule has 0 aromatic heterocycles. The highest BCUT2D eigenvalue weighted by molar-refractivity contribution is 5.85. The van der Waals surface area contributed by atoms with Crippen molar-refractivity contribution in [2.24, 2.45) is 0 Å². The standard InChI is InChI=1S/C14H20N2O3.ClH/c17-14(13-10-15-6-9-19-13)16-7-8-18-11-12-4-2-1-3-5-12;/h1-5,13,15H,6-11H2,(H,16,17);1H. The van der Waals surface area contributed by atoms with Crippen molar-refractivity contribution in [3.05, 3.63) is 35.9 Å². The highest BCUT2D eigenvalue weighted by Crippen LogP contribution is 2.00. The van der Waals surface area contributed by atoms with E-state index in [0.717, 1.165) is 12.1 Å². The van der Waals surface area contributed by atoms with Crippen molar-refractivity contribution in [3.8, 4) is 0 Å². The maximum atomic E-state index is 11.7. The van der Waals surface area contributed by atoms with Crippen LogP contribution in [0.1, 0.15) is 5.56 Å². The SMILES string of the molecule is Cl.O=C(NCCOCc1ccccc1)C1CNCCO1. The molecular formula is C14H21ClN2O3. The lowest BCUT2D eigenvalue weighted by Crippen LogP contribution is -2.48. The van der Waals surface area contributed by atoms with Crippen LogP contribution in [0.5, 0.6) is 0 Å². The molecule has 1 atom stereocenters. The van der Waals surface area contributed by atoms with Gasteiger partial charge < -0.3 is 20.1 Å². The zero-order valence-corrected chi connectivity index (χ0v) is 12.2. The molecule has 0 aliphatic carbocycles. The number of rotatable bonds is 6. The molecule has 6 heteroatoms. The Bertz CT molecular complexity index is 383. The summed E-state index contributed by atoms with van der Waals surface area (Å²) < 4.78 is 10.8.